The molecule has 173 valence electrons. The standard InChI is InChI=1S/C21H26N3O6S2/c1-23(2)32(28,29)24-14-12-19(13-15-24)18-8-10-20(11-9-18)31(26,27)22-21(25)30-16-17-6-4-3-5-7-17/h3-8,10-11,19H,12-16H2,1-2H3,(H,22,25). The van der Waals surface area contributed by atoms with Crippen molar-refractivity contribution in [3.05, 3.63) is 65.7 Å². The van der Waals surface area contributed by atoms with Gasteiger partial charge >= 0.3 is 6.09 Å². The van der Waals surface area contributed by atoms with Crippen LogP contribution < -0.4 is 4.72 Å². The van der Waals surface area contributed by atoms with E-state index >= 15 is 0 Å². The quantitative estimate of drug-likeness (QED) is 0.649. The lowest BCUT2D eigenvalue weighted by atomic mass is 9.90. The topological polar surface area (TPSA) is 113 Å². The number of nitrogens with zero attached hydrogens (tertiary/aromatic N) is 2. The van der Waals surface area contributed by atoms with Crippen LogP contribution in [0.5, 0.6) is 0 Å². The average molecular weight is 481 g/mol. The molecule has 32 heavy (non-hydrogen) atoms. The lowest BCUT2D eigenvalue weighted by molar-refractivity contribution is 0.146. The van der Waals surface area contributed by atoms with Crippen LogP contribution in [0.1, 0.15) is 29.9 Å². The van der Waals surface area contributed by atoms with Gasteiger partial charge in [-0.3, -0.25) is 0 Å². The Bertz CT molecular complexity index is 1130. The second kappa shape index (κ2) is 9.99. The highest BCUT2D eigenvalue weighted by Crippen LogP contribution is 2.29. The van der Waals surface area contributed by atoms with Crippen LogP contribution in [0.3, 0.4) is 0 Å². The second-order valence-electron chi connectivity index (χ2n) is 7.61. The number of carbonyl (C=O) groups excluding carboxylic acids is 1. The normalized spacial score (nSPS) is 16.1. The zero-order chi connectivity index (χ0) is 23.4. The maximum Gasteiger partial charge on any atom is 0.421 e. The van der Waals surface area contributed by atoms with Gasteiger partial charge in [0.05, 0.1) is 4.90 Å². The van der Waals surface area contributed by atoms with Crippen LogP contribution in [-0.4, -0.2) is 58.7 Å². The number of hydrogen-bond donors (Lipinski definition) is 1. The number of nitrogens with one attached hydrogen (secondary N) is 1. The Labute approximate surface area is 189 Å². The van der Waals surface area contributed by atoms with E-state index in [2.05, 4.69) is 6.07 Å². The number of amides is 1. The third-order valence-electron chi connectivity index (χ3n) is 5.23. The van der Waals surface area contributed by atoms with Crippen molar-refractivity contribution in [2.24, 2.45) is 0 Å². The third kappa shape index (κ3) is 5.85. The molecule has 9 nitrogen and oxygen atoms in total. The minimum Gasteiger partial charge on any atom is -0.444 e. The van der Waals surface area contributed by atoms with E-state index < -0.39 is 26.3 Å². The van der Waals surface area contributed by atoms with Gasteiger partial charge in [0.25, 0.3) is 20.2 Å². The molecule has 2 aromatic rings. The largest absolute Gasteiger partial charge is 0.444 e. The molecule has 0 saturated carbocycles. The molecule has 3 rings (SSSR count). The Kier molecular flexibility index (Phi) is 7.55. The van der Waals surface area contributed by atoms with Crippen molar-refractivity contribution in [2.45, 2.75) is 30.3 Å². The minimum absolute atomic E-state index is 0.0461. The van der Waals surface area contributed by atoms with E-state index in [0.717, 1.165) is 11.1 Å². The molecular formula is C21H26N3O6S2. The molecule has 1 amide bonds. The van der Waals surface area contributed by atoms with Crippen LogP contribution in [0.15, 0.2) is 53.4 Å². The Morgan fingerprint density at radius 3 is 2.31 bits per heavy atom. The van der Waals surface area contributed by atoms with Crippen molar-refractivity contribution in [1.82, 2.24) is 13.3 Å². The van der Waals surface area contributed by atoms with Gasteiger partial charge in [-0.2, -0.15) is 17.0 Å². The lowest BCUT2D eigenvalue weighted by Gasteiger charge is -2.32. The molecular weight excluding hydrogens is 454 g/mol. The van der Waals surface area contributed by atoms with Gasteiger partial charge in [0.2, 0.25) is 0 Å². The van der Waals surface area contributed by atoms with E-state index in [1.165, 1.54) is 34.8 Å². The van der Waals surface area contributed by atoms with Gasteiger partial charge in [-0.25, -0.2) is 17.9 Å². The van der Waals surface area contributed by atoms with Gasteiger partial charge in [-0.15, -0.1) is 0 Å². The highest BCUT2D eigenvalue weighted by atomic mass is 32.2. The molecule has 1 radical (unpaired) electrons. The molecule has 1 saturated heterocycles. The van der Waals surface area contributed by atoms with Crippen LogP contribution in [0.2, 0.25) is 0 Å². The first-order chi connectivity index (χ1) is 15.1. The zero-order valence-electron chi connectivity index (χ0n) is 17.9. The molecule has 0 bridgehead atoms. The molecule has 1 fully saturated rings. The Balaban J connectivity index is 1.57. The summed E-state index contributed by atoms with van der Waals surface area (Å²) in [7, 11) is -4.54. The van der Waals surface area contributed by atoms with Crippen molar-refractivity contribution in [3.63, 3.8) is 0 Å². The smallest absolute Gasteiger partial charge is 0.421 e. The molecule has 1 aliphatic heterocycles. The van der Waals surface area contributed by atoms with Crippen molar-refractivity contribution in [3.8, 4) is 0 Å². The van der Waals surface area contributed by atoms with E-state index in [-0.39, 0.29) is 17.4 Å². The Hall–Kier alpha value is -2.47. The summed E-state index contributed by atoms with van der Waals surface area (Å²) >= 11 is 0. The van der Waals surface area contributed by atoms with E-state index in [9.17, 15) is 21.6 Å². The lowest BCUT2D eigenvalue weighted by Crippen LogP contribution is -2.44. The molecule has 0 unspecified atom stereocenters. The van der Waals surface area contributed by atoms with Gasteiger partial charge in [0.15, 0.2) is 0 Å². The molecule has 0 atom stereocenters. The fourth-order valence-corrected chi connectivity index (χ4v) is 5.38. The maximum atomic E-state index is 12.4. The van der Waals surface area contributed by atoms with Crippen molar-refractivity contribution in [1.29, 1.82) is 0 Å². The highest BCUT2D eigenvalue weighted by Gasteiger charge is 2.30. The van der Waals surface area contributed by atoms with Crippen molar-refractivity contribution >= 4 is 26.3 Å². The molecule has 0 spiro atoms. The van der Waals surface area contributed by atoms with Gasteiger partial charge in [-0.1, -0.05) is 36.4 Å². The summed E-state index contributed by atoms with van der Waals surface area (Å²) in [5.41, 5.74) is 1.54. The van der Waals surface area contributed by atoms with Crippen LogP contribution in [0, 0.1) is 6.07 Å². The molecule has 11 heteroatoms. The average Bonchev–Trinajstić information content (AvgIpc) is 2.78. The summed E-state index contributed by atoms with van der Waals surface area (Å²) in [4.78, 5) is 11.8. The predicted octanol–water partition coefficient (Wildman–Crippen LogP) is 2.09. The summed E-state index contributed by atoms with van der Waals surface area (Å²) in [6.07, 6.45) is 0.159. The SMILES string of the molecule is CN(C)S(=O)(=O)N1CCC(c2[c]cc(S(=O)(=O)NC(=O)OCc3ccccc3)cc2)CC1. The van der Waals surface area contributed by atoms with Gasteiger partial charge in [0, 0.05) is 27.2 Å². The fraction of sp³-hybridized carbons (Fsp3) is 0.381. The summed E-state index contributed by atoms with van der Waals surface area (Å²) in [6, 6.07) is 16.2. The van der Waals surface area contributed by atoms with Crippen LogP contribution in [-0.2, 0) is 31.6 Å². The Morgan fingerprint density at radius 1 is 1.09 bits per heavy atom. The molecule has 1 heterocycles. The predicted molar refractivity (Wildman–Crippen MR) is 118 cm³/mol. The van der Waals surface area contributed by atoms with Gasteiger partial charge in [0.1, 0.15) is 6.61 Å². The number of carbonyl (C=O) groups is 1. The first-order valence-electron chi connectivity index (χ1n) is 10.0. The van der Waals surface area contributed by atoms with Crippen LogP contribution in [0.25, 0.3) is 0 Å². The molecule has 1 N–H and O–H groups in total. The maximum absolute atomic E-state index is 12.4. The summed E-state index contributed by atoms with van der Waals surface area (Å²) in [6.45, 7) is 0.720. The van der Waals surface area contributed by atoms with Crippen molar-refractivity contribution < 1.29 is 26.4 Å². The van der Waals surface area contributed by atoms with Gasteiger partial charge < -0.3 is 4.74 Å². The van der Waals surface area contributed by atoms with E-state index in [1.807, 2.05) is 10.8 Å². The molecule has 1 aliphatic rings. The van der Waals surface area contributed by atoms with Gasteiger partial charge in [-0.05, 0) is 48.1 Å². The monoisotopic (exact) mass is 480 g/mol. The first kappa shape index (κ1) is 24.2. The van der Waals surface area contributed by atoms with E-state index in [4.69, 9.17) is 4.74 Å². The molecule has 0 aromatic heterocycles. The number of benzene rings is 2. The summed E-state index contributed by atoms with van der Waals surface area (Å²) in [5.74, 6) is 0.0733. The molecule has 0 aliphatic carbocycles. The third-order valence-corrected chi connectivity index (χ3v) is 8.48. The van der Waals surface area contributed by atoms with Crippen molar-refractivity contribution in [2.75, 3.05) is 27.2 Å². The first-order valence-corrected chi connectivity index (χ1v) is 12.9. The molecule has 2 aromatic carbocycles. The number of piperidine rings is 1. The Morgan fingerprint density at radius 2 is 1.75 bits per heavy atom. The summed E-state index contributed by atoms with van der Waals surface area (Å²) < 4.78 is 58.8. The minimum atomic E-state index is -4.10. The second-order valence-corrected chi connectivity index (χ2v) is 11.4. The number of rotatable bonds is 7. The fourth-order valence-electron chi connectivity index (χ4n) is 3.39. The number of ether oxygens (including phenoxy) is 1. The summed E-state index contributed by atoms with van der Waals surface area (Å²) in [5, 5.41) is 0. The zero-order valence-corrected chi connectivity index (χ0v) is 19.5. The van der Waals surface area contributed by atoms with E-state index in [1.54, 1.807) is 30.3 Å². The number of sulfonamides is 1. The number of hydrogen-bond acceptors (Lipinski definition) is 6. The van der Waals surface area contributed by atoms with E-state index in [0.29, 0.717) is 25.9 Å². The van der Waals surface area contributed by atoms with Crippen LogP contribution in [0.4, 0.5) is 4.79 Å². The van der Waals surface area contributed by atoms with Crippen LogP contribution >= 0.6 is 0 Å². The highest BCUT2D eigenvalue weighted by molar-refractivity contribution is 7.90.